The molecule has 0 bridgehead atoms. The van der Waals surface area contributed by atoms with E-state index in [4.69, 9.17) is 0 Å². The molecule has 1 saturated carbocycles. The van der Waals surface area contributed by atoms with E-state index in [1.54, 1.807) is 0 Å². The van der Waals surface area contributed by atoms with E-state index in [-0.39, 0.29) is 11.5 Å². The van der Waals surface area contributed by atoms with Crippen LogP contribution in [0.15, 0.2) is 18.2 Å². The van der Waals surface area contributed by atoms with E-state index in [0.717, 1.165) is 31.7 Å². The average Bonchev–Trinajstić information content (AvgIpc) is 2.86. The van der Waals surface area contributed by atoms with Gasteiger partial charge in [0.05, 0.1) is 11.5 Å². The van der Waals surface area contributed by atoms with Gasteiger partial charge in [-0.1, -0.05) is 31.7 Å². The van der Waals surface area contributed by atoms with Crippen molar-refractivity contribution in [2.45, 2.75) is 44.2 Å². The van der Waals surface area contributed by atoms with Crippen LogP contribution in [-0.2, 0) is 11.0 Å². The Labute approximate surface area is 119 Å². The van der Waals surface area contributed by atoms with Gasteiger partial charge in [0.25, 0.3) is 0 Å². The molecule has 1 N–H and O–H groups in total. The normalized spacial score (nSPS) is 17.9. The van der Waals surface area contributed by atoms with Gasteiger partial charge in [0, 0.05) is 0 Å². The van der Waals surface area contributed by atoms with Gasteiger partial charge in [-0.3, -0.25) is 4.79 Å². The fraction of sp³-hybridized carbons (Fsp3) is 0.533. The first-order chi connectivity index (χ1) is 9.79. The summed E-state index contributed by atoms with van der Waals surface area (Å²) in [7, 11) is 0. The molecule has 1 fully saturated rings. The SMILES string of the molecule is O=C(O)C(CC1CCCC1)c1ccc(C(F)(F)F)c(F)c1. The van der Waals surface area contributed by atoms with Crippen LogP contribution in [0.25, 0.3) is 0 Å². The van der Waals surface area contributed by atoms with E-state index in [1.807, 2.05) is 0 Å². The third kappa shape index (κ3) is 3.74. The molecule has 0 aliphatic heterocycles. The van der Waals surface area contributed by atoms with Crippen molar-refractivity contribution in [3.8, 4) is 0 Å². The molecule has 0 heterocycles. The summed E-state index contributed by atoms with van der Waals surface area (Å²) < 4.78 is 51.1. The number of halogens is 4. The minimum Gasteiger partial charge on any atom is -0.481 e. The fourth-order valence-electron chi connectivity index (χ4n) is 2.94. The third-order valence-corrected chi connectivity index (χ3v) is 4.04. The lowest BCUT2D eigenvalue weighted by molar-refractivity contribution is -0.140. The second-order valence-electron chi connectivity index (χ2n) is 5.51. The van der Waals surface area contributed by atoms with Crippen molar-refractivity contribution < 1.29 is 27.5 Å². The number of hydrogen-bond donors (Lipinski definition) is 1. The Morgan fingerprint density at radius 1 is 1.29 bits per heavy atom. The molecule has 0 saturated heterocycles. The largest absolute Gasteiger partial charge is 0.481 e. The smallest absolute Gasteiger partial charge is 0.419 e. The van der Waals surface area contributed by atoms with Gasteiger partial charge in [-0.05, 0) is 30.0 Å². The standard InChI is InChI=1S/C15H16F4O2/c16-13-8-10(5-6-12(13)15(17,18)19)11(14(20)21)7-9-3-1-2-4-9/h5-6,8-9,11H,1-4,7H2,(H,20,21). The highest BCUT2D eigenvalue weighted by atomic mass is 19.4. The van der Waals surface area contributed by atoms with Gasteiger partial charge in [0.1, 0.15) is 5.82 Å². The summed E-state index contributed by atoms with van der Waals surface area (Å²) in [6, 6.07) is 2.39. The van der Waals surface area contributed by atoms with E-state index >= 15 is 0 Å². The summed E-state index contributed by atoms with van der Waals surface area (Å²) in [6.45, 7) is 0. The van der Waals surface area contributed by atoms with Crippen molar-refractivity contribution in [3.05, 3.63) is 35.1 Å². The molecule has 1 atom stereocenters. The van der Waals surface area contributed by atoms with E-state index in [1.165, 1.54) is 0 Å². The highest BCUT2D eigenvalue weighted by Crippen LogP contribution is 2.36. The monoisotopic (exact) mass is 304 g/mol. The van der Waals surface area contributed by atoms with Crippen LogP contribution < -0.4 is 0 Å². The minimum absolute atomic E-state index is 0.0971. The molecular formula is C15H16F4O2. The zero-order valence-electron chi connectivity index (χ0n) is 11.3. The lowest BCUT2D eigenvalue weighted by atomic mass is 9.87. The molecule has 2 nitrogen and oxygen atoms in total. The van der Waals surface area contributed by atoms with Crippen LogP contribution >= 0.6 is 0 Å². The van der Waals surface area contributed by atoms with Crippen LogP contribution in [0, 0.1) is 11.7 Å². The first-order valence-corrected chi connectivity index (χ1v) is 6.88. The molecule has 1 aliphatic rings. The van der Waals surface area contributed by atoms with Crippen molar-refractivity contribution in [2.24, 2.45) is 5.92 Å². The number of alkyl halides is 3. The van der Waals surface area contributed by atoms with Gasteiger partial charge in [-0.15, -0.1) is 0 Å². The number of benzene rings is 1. The summed E-state index contributed by atoms with van der Waals surface area (Å²) in [5.41, 5.74) is -1.27. The van der Waals surface area contributed by atoms with Gasteiger partial charge in [0.2, 0.25) is 0 Å². The van der Waals surface area contributed by atoms with Gasteiger partial charge in [-0.25, -0.2) is 4.39 Å². The van der Waals surface area contributed by atoms with Crippen molar-refractivity contribution in [1.29, 1.82) is 0 Å². The molecule has 0 aromatic heterocycles. The quantitative estimate of drug-likeness (QED) is 0.826. The summed E-state index contributed by atoms with van der Waals surface area (Å²) in [4.78, 5) is 11.3. The van der Waals surface area contributed by atoms with E-state index in [9.17, 15) is 27.5 Å². The summed E-state index contributed by atoms with van der Waals surface area (Å²) >= 11 is 0. The average molecular weight is 304 g/mol. The molecule has 1 aromatic carbocycles. The Bertz CT molecular complexity index is 519. The van der Waals surface area contributed by atoms with E-state index < -0.39 is 29.4 Å². The van der Waals surface area contributed by atoms with Crippen molar-refractivity contribution in [1.82, 2.24) is 0 Å². The number of rotatable bonds is 4. The van der Waals surface area contributed by atoms with Crippen LogP contribution in [-0.4, -0.2) is 11.1 Å². The summed E-state index contributed by atoms with van der Waals surface area (Å²) in [5.74, 6) is -3.25. The lowest BCUT2D eigenvalue weighted by Crippen LogP contribution is -2.16. The minimum atomic E-state index is -4.77. The molecule has 0 spiro atoms. The zero-order valence-corrected chi connectivity index (χ0v) is 11.3. The van der Waals surface area contributed by atoms with Crippen LogP contribution in [0.5, 0.6) is 0 Å². The number of carboxylic acid groups (broad SMARTS) is 1. The topological polar surface area (TPSA) is 37.3 Å². The fourth-order valence-corrected chi connectivity index (χ4v) is 2.94. The Kier molecular flexibility index (Phi) is 4.54. The molecule has 1 aliphatic carbocycles. The van der Waals surface area contributed by atoms with Gasteiger partial charge in [-0.2, -0.15) is 13.2 Å². The van der Waals surface area contributed by atoms with Gasteiger partial charge < -0.3 is 5.11 Å². The number of hydrogen-bond acceptors (Lipinski definition) is 1. The second kappa shape index (κ2) is 6.03. The van der Waals surface area contributed by atoms with Gasteiger partial charge >= 0.3 is 12.1 Å². The van der Waals surface area contributed by atoms with Crippen molar-refractivity contribution in [3.63, 3.8) is 0 Å². The lowest BCUT2D eigenvalue weighted by Gasteiger charge is -2.18. The molecule has 0 amide bonds. The maximum atomic E-state index is 13.6. The summed E-state index contributed by atoms with van der Waals surface area (Å²) in [5, 5.41) is 9.26. The molecular weight excluding hydrogens is 288 g/mol. The Morgan fingerprint density at radius 2 is 1.90 bits per heavy atom. The number of carboxylic acids is 1. The Hall–Kier alpha value is -1.59. The number of carbonyl (C=O) groups is 1. The van der Waals surface area contributed by atoms with Crippen molar-refractivity contribution in [2.75, 3.05) is 0 Å². The molecule has 0 radical (unpaired) electrons. The second-order valence-corrected chi connectivity index (χ2v) is 5.51. The molecule has 21 heavy (non-hydrogen) atoms. The third-order valence-electron chi connectivity index (χ3n) is 4.04. The maximum absolute atomic E-state index is 13.6. The Balaban J connectivity index is 2.24. The van der Waals surface area contributed by atoms with Crippen LogP contribution in [0.2, 0.25) is 0 Å². The highest BCUT2D eigenvalue weighted by molar-refractivity contribution is 5.76. The molecule has 1 unspecified atom stereocenters. The van der Waals surface area contributed by atoms with Crippen LogP contribution in [0.4, 0.5) is 17.6 Å². The molecule has 6 heteroatoms. The van der Waals surface area contributed by atoms with E-state index in [0.29, 0.717) is 18.6 Å². The first kappa shape index (κ1) is 15.8. The van der Waals surface area contributed by atoms with Crippen LogP contribution in [0.3, 0.4) is 0 Å². The Morgan fingerprint density at radius 3 is 2.38 bits per heavy atom. The molecule has 116 valence electrons. The number of aliphatic carboxylic acids is 1. The molecule has 2 rings (SSSR count). The zero-order chi connectivity index (χ0) is 15.6. The predicted molar refractivity (Wildman–Crippen MR) is 68.4 cm³/mol. The summed E-state index contributed by atoms with van der Waals surface area (Å²) in [6.07, 6.45) is -0.497. The maximum Gasteiger partial charge on any atom is 0.419 e. The van der Waals surface area contributed by atoms with Gasteiger partial charge in [0.15, 0.2) is 0 Å². The van der Waals surface area contributed by atoms with E-state index in [2.05, 4.69) is 0 Å². The van der Waals surface area contributed by atoms with Crippen LogP contribution in [0.1, 0.15) is 49.1 Å². The first-order valence-electron chi connectivity index (χ1n) is 6.88. The molecule has 1 aromatic rings. The predicted octanol–water partition coefficient (Wildman–Crippen LogP) is 4.59. The van der Waals surface area contributed by atoms with Crippen molar-refractivity contribution >= 4 is 5.97 Å². The highest BCUT2D eigenvalue weighted by Gasteiger charge is 2.35.